The van der Waals surface area contributed by atoms with Crippen LogP contribution in [0.25, 0.3) is 0 Å². The van der Waals surface area contributed by atoms with Crippen LogP contribution in [-0.2, 0) is 32.6 Å². The fourth-order valence-corrected chi connectivity index (χ4v) is 5.54. The first kappa shape index (κ1) is 32.3. The fraction of sp³-hybridized carbons (Fsp3) is 0.257. The Morgan fingerprint density at radius 3 is 1.84 bits per heavy atom. The van der Waals surface area contributed by atoms with Gasteiger partial charge in [-0.1, -0.05) is 85.8 Å². The van der Waals surface area contributed by atoms with E-state index in [-0.39, 0.29) is 24.9 Å². The Morgan fingerprint density at radius 2 is 1.30 bits per heavy atom. The van der Waals surface area contributed by atoms with Crippen molar-refractivity contribution in [1.82, 2.24) is 10.2 Å². The highest BCUT2D eigenvalue weighted by Gasteiger charge is 2.33. The lowest BCUT2D eigenvalue weighted by Crippen LogP contribution is -2.54. The van der Waals surface area contributed by atoms with Gasteiger partial charge in [-0.25, -0.2) is 8.42 Å². The van der Waals surface area contributed by atoms with Crippen molar-refractivity contribution in [3.63, 3.8) is 0 Å². The number of benzene rings is 4. The molecule has 4 aromatic rings. The maximum atomic E-state index is 14.2. The molecule has 8 nitrogen and oxygen atoms in total. The summed E-state index contributed by atoms with van der Waals surface area (Å²) in [7, 11) is -3.87. The minimum absolute atomic E-state index is 0.0985. The third-order valence-corrected chi connectivity index (χ3v) is 8.39. The molecule has 2 amide bonds. The molecule has 0 aliphatic rings. The van der Waals surface area contributed by atoms with E-state index in [1.165, 1.54) is 4.90 Å². The van der Waals surface area contributed by atoms with E-state index in [9.17, 15) is 18.0 Å². The number of nitrogens with one attached hydrogen (secondary N) is 1. The summed E-state index contributed by atoms with van der Waals surface area (Å²) in [5.41, 5.74) is 2.02. The first-order chi connectivity index (χ1) is 21.1. The van der Waals surface area contributed by atoms with E-state index < -0.39 is 28.5 Å². The first-order valence-corrected chi connectivity index (χ1v) is 16.5. The zero-order valence-electron chi connectivity index (χ0n) is 25.3. The number of rotatable bonds is 14. The van der Waals surface area contributed by atoms with Crippen molar-refractivity contribution in [3.8, 4) is 11.5 Å². The van der Waals surface area contributed by atoms with Crippen LogP contribution in [0.15, 0.2) is 115 Å². The fourth-order valence-electron chi connectivity index (χ4n) is 4.69. The van der Waals surface area contributed by atoms with Gasteiger partial charge in [-0.3, -0.25) is 13.9 Å². The molecule has 0 unspecified atom stereocenters. The summed E-state index contributed by atoms with van der Waals surface area (Å²) < 4.78 is 33.0. The molecule has 0 aromatic heterocycles. The van der Waals surface area contributed by atoms with Gasteiger partial charge in [-0.2, -0.15) is 0 Å². The number of anilines is 1. The average molecular weight is 614 g/mol. The third kappa shape index (κ3) is 9.18. The monoisotopic (exact) mass is 613 g/mol. The number of carbonyl (C=O) groups excluding carboxylic acids is 2. The number of nitrogens with zero attached hydrogens (tertiary/aromatic N) is 2. The number of para-hydroxylation sites is 1. The molecule has 0 aliphatic carbocycles. The van der Waals surface area contributed by atoms with Crippen molar-refractivity contribution in [2.75, 3.05) is 17.1 Å². The lowest BCUT2D eigenvalue weighted by atomic mass is 10.0. The Labute approximate surface area is 260 Å². The number of sulfonamides is 1. The summed E-state index contributed by atoms with van der Waals surface area (Å²) in [6, 6.07) is 33.7. The van der Waals surface area contributed by atoms with E-state index >= 15 is 0 Å². The zero-order chi connectivity index (χ0) is 31.5. The van der Waals surface area contributed by atoms with Crippen molar-refractivity contribution < 1.29 is 22.7 Å². The second kappa shape index (κ2) is 15.2. The van der Waals surface area contributed by atoms with E-state index in [4.69, 9.17) is 4.74 Å². The smallest absolute Gasteiger partial charge is 0.244 e. The Balaban J connectivity index is 1.66. The van der Waals surface area contributed by atoms with Gasteiger partial charge in [0.15, 0.2) is 0 Å². The van der Waals surface area contributed by atoms with Crippen LogP contribution in [0.1, 0.15) is 31.4 Å². The number of ether oxygens (including phenoxy) is 1. The molecule has 4 aromatic carbocycles. The standard InChI is InChI=1S/C35H39N3O5S/c1-4-27(2)36-35(40)33(24-28-14-8-5-9-15-28)37(25-29-16-10-6-11-17-29)34(39)26-38(44(3,41)42)30-20-22-32(23-21-30)43-31-18-12-7-13-19-31/h5-23,27,33H,4,24-26H2,1-3H3,(H,36,40)/t27-,33-/m0/s1. The van der Waals surface area contributed by atoms with Crippen molar-refractivity contribution in [2.45, 2.75) is 45.3 Å². The highest BCUT2D eigenvalue weighted by atomic mass is 32.2. The Bertz CT molecular complexity index is 1600. The molecule has 2 atom stereocenters. The molecule has 0 fully saturated rings. The van der Waals surface area contributed by atoms with Crippen molar-refractivity contribution in [1.29, 1.82) is 0 Å². The van der Waals surface area contributed by atoms with Gasteiger partial charge < -0.3 is 15.0 Å². The minimum atomic E-state index is -3.87. The normalized spacial score (nSPS) is 12.5. The number of amides is 2. The molecular formula is C35H39N3O5S. The Hall–Kier alpha value is -4.63. The van der Waals surface area contributed by atoms with Gasteiger partial charge in [0.05, 0.1) is 11.9 Å². The van der Waals surface area contributed by atoms with Crippen molar-refractivity contribution in [2.24, 2.45) is 0 Å². The molecule has 0 heterocycles. The molecule has 1 N–H and O–H groups in total. The van der Waals surface area contributed by atoms with Gasteiger partial charge in [0.1, 0.15) is 24.1 Å². The van der Waals surface area contributed by atoms with Crippen LogP contribution in [0.5, 0.6) is 11.5 Å². The summed E-state index contributed by atoms with van der Waals surface area (Å²) in [5, 5.41) is 3.03. The van der Waals surface area contributed by atoms with Gasteiger partial charge in [0.25, 0.3) is 0 Å². The molecule has 0 spiro atoms. The molecule has 4 rings (SSSR count). The summed E-state index contributed by atoms with van der Waals surface area (Å²) in [4.78, 5) is 29.4. The molecule has 0 aliphatic heterocycles. The second-order valence-corrected chi connectivity index (χ2v) is 12.6. The third-order valence-electron chi connectivity index (χ3n) is 7.25. The Kier molecular flexibility index (Phi) is 11.2. The number of carbonyl (C=O) groups is 2. The first-order valence-electron chi connectivity index (χ1n) is 14.6. The molecule has 0 bridgehead atoms. The van der Waals surface area contributed by atoms with Gasteiger partial charge in [-0.05, 0) is 60.9 Å². The largest absolute Gasteiger partial charge is 0.457 e. The average Bonchev–Trinajstić information content (AvgIpc) is 3.02. The molecule has 44 heavy (non-hydrogen) atoms. The summed E-state index contributed by atoms with van der Waals surface area (Å²) >= 11 is 0. The van der Waals surface area contributed by atoms with Crippen molar-refractivity contribution in [3.05, 3.63) is 126 Å². The molecule has 0 saturated heterocycles. The van der Waals surface area contributed by atoms with Crippen LogP contribution in [0.4, 0.5) is 5.69 Å². The Morgan fingerprint density at radius 1 is 0.773 bits per heavy atom. The summed E-state index contributed by atoms with van der Waals surface area (Å²) in [5.74, 6) is 0.382. The van der Waals surface area contributed by atoms with Crippen LogP contribution in [-0.4, -0.2) is 50.0 Å². The van der Waals surface area contributed by atoms with Gasteiger partial charge in [0.2, 0.25) is 21.8 Å². The minimum Gasteiger partial charge on any atom is -0.457 e. The van der Waals surface area contributed by atoms with Crippen LogP contribution >= 0.6 is 0 Å². The maximum absolute atomic E-state index is 14.2. The van der Waals surface area contributed by atoms with E-state index in [0.717, 1.165) is 28.1 Å². The predicted octanol–water partition coefficient (Wildman–Crippen LogP) is 5.80. The lowest BCUT2D eigenvalue weighted by molar-refractivity contribution is -0.140. The van der Waals surface area contributed by atoms with Crippen LogP contribution in [0, 0.1) is 0 Å². The molecule has 230 valence electrons. The van der Waals surface area contributed by atoms with Crippen LogP contribution < -0.4 is 14.4 Å². The van der Waals surface area contributed by atoms with Gasteiger partial charge in [0, 0.05) is 19.0 Å². The number of hydrogen-bond donors (Lipinski definition) is 1. The van der Waals surface area contributed by atoms with E-state index in [1.807, 2.05) is 105 Å². The number of hydrogen-bond acceptors (Lipinski definition) is 5. The molecule has 0 radical (unpaired) electrons. The lowest BCUT2D eigenvalue weighted by Gasteiger charge is -2.34. The summed E-state index contributed by atoms with van der Waals surface area (Å²) in [6.45, 7) is 3.54. The van der Waals surface area contributed by atoms with E-state index in [0.29, 0.717) is 17.2 Å². The van der Waals surface area contributed by atoms with E-state index in [2.05, 4.69) is 5.32 Å². The maximum Gasteiger partial charge on any atom is 0.244 e. The molecule has 0 saturated carbocycles. The van der Waals surface area contributed by atoms with Crippen LogP contribution in [0.3, 0.4) is 0 Å². The quantitative estimate of drug-likeness (QED) is 0.194. The van der Waals surface area contributed by atoms with Gasteiger partial charge >= 0.3 is 0 Å². The zero-order valence-corrected chi connectivity index (χ0v) is 26.1. The van der Waals surface area contributed by atoms with Crippen LogP contribution in [0.2, 0.25) is 0 Å². The highest BCUT2D eigenvalue weighted by Crippen LogP contribution is 2.26. The second-order valence-electron chi connectivity index (χ2n) is 10.7. The topological polar surface area (TPSA) is 96.0 Å². The highest BCUT2D eigenvalue weighted by molar-refractivity contribution is 7.92. The SMILES string of the molecule is CC[C@H](C)NC(=O)[C@H](Cc1ccccc1)N(Cc1ccccc1)C(=O)CN(c1ccc(Oc2ccccc2)cc1)S(C)(=O)=O. The molecular weight excluding hydrogens is 574 g/mol. The van der Waals surface area contributed by atoms with Crippen molar-refractivity contribution >= 4 is 27.5 Å². The molecule has 9 heteroatoms. The van der Waals surface area contributed by atoms with Gasteiger partial charge in [-0.15, -0.1) is 0 Å². The summed E-state index contributed by atoms with van der Waals surface area (Å²) in [6.07, 6.45) is 2.06. The van der Waals surface area contributed by atoms with E-state index in [1.54, 1.807) is 24.3 Å². The predicted molar refractivity (Wildman–Crippen MR) is 174 cm³/mol.